The van der Waals surface area contributed by atoms with Gasteiger partial charge in [0.2, 0.25) is 0 Å². The Labute approximate surface area is 162 Å². The predicted octanol–water partition coefficient (Wildman–Crippen LogP) is 3.63. The van der Waals surface area contributed by atoms with Crippen LogP contribution in [0.5, 0.6) is 0 Å². The Morgan fingerprint density at radius 1 is 0.643 bits per heavy atom. The molecule has 0 aromatic heterocycles. The van der Waals surface area contributed by atoms with E-state index >= 15 is 0 Å². The zero-order chi connectivity index (χ0) is 20.4. The number of benzene rings is 3. The Bertz CT molecular complexity index is 911. The first kappa shape index (κ1) is 20.4. The number of amides is 1. The van der Waals surface area contributed by atoms with Crippen molar-refractivity contribution in [1.82, 2.24) is 5.32 Å². The van der Waals surface area contributed by atoms with Crippen molar-refractivity contribution < 1.29 is 24.6 Å². The molecule has 6 heteroatoms. The molecule has 3 N–H and O–H groups in total. The van der Waals surface area contributed by atoms with E-state index in [0.717, 1.165) is 0 Å². The SMILES string of the molecule is O=C(NC(C(=O)O)c1ccccc1)c1ccccc1.O=C(O)c1ccccc1. The Morgan fingerprint density at radius 3 is 1.46 bits per heavy atom. The molecule has 0 radical (unpaired) electrons. The van der Waals surface area contributed by atoms with Gasteiger partial charge in [-0.05, 0) is 29.8 Å². The molecule has 1 atom stereocenters. The molecule has 0 aliphatic rings. The third kappa shape index (κ3) is 6.10. The molecule has 3 aromatic carbocycles. The summed E-state index contributed by atoms with van der Waals surface area (Å²) in [6.07, 6.45) is 0. The number of hydrogen-bond donors (Lipinski definition) is 3. The van der Waals surface area contributed by atoms with E-state index in [-0.39, 0.29) is 0 Å². The van der Waals surface area contributed by atoms with Gasteiger partial charge in [-0.3, -0.25) is 4.79 Å². The molecule has 0 saturated carbocycles. The molecule has 3 aromatic rings. The van der Waals surface area contributed by atoms with Gasteiger partial charge in [0.15, 0.2) is 6.04 Å². The summed E-state index contributed by atoms with van der Waals surface area (Å²) < 4.78 is 0. The van der Waals surface area contributed by atoms with E-state index in [4.69, 9.17) is 5.11 Å². The third-order valence-corrected chi connectivity index (χ3v) is 3.71. The normalized spacial score (nSPS) is 10.7. The number of carboxylic acid groups (broad SMARTS) is 2. The van der Waals surface area contributed by atoms with Crippen molar-refractivity contribution in [2.75, 3.05) is 0 Å². The van der Waals surface area contributed by atoms with Crippen molar-refractivity contribution in [1.29, 1.82) is 0 Å². The molecule has 3 rings (SSSR count). The Balaban J connectivity index is 0.000000261. The first-order valence-electron chi connectivity index (χ1n) is 8.41. The van der Waals surface area contributed by atoms with Gasteiger partial charge in [0, 0.05) is 5.56 Å². The fourth-order valence-electron chi connectivity index (χ4n) is 2.32. The van der Waals surface area contributed by atoms with Crippen LogP contribution in [0.15, 0.2) is 91.0 Å². The number of carbonyl (C=O) groups excluding carboxylic acids is 1. The van der Waals surface area contributed by atoms with Gasteiger partial charge in [0.1, 0.15) is 0 Å². The van der Waals surface area contributed by atoms with Crippen LogP contribution in [0.25, 0.3) is 0 Å². The minimum Gasteiger partial charge on any atom is -0.479 e. The molecule has 0 aliphatic heterocycles. The van der Waals surface area contributed by atoms with E-state index in [1.54, 1.807) is 91.0 Å². The zero-order valence-electron chi connectivity index (χ0n) is 14.9. The Hall–Kier alpha value is -3.93. The maximum absolute atomic E-state index is 12.0. The maximum Gasteiger partial charge on any atom is 0.335 e. The summed E-state index contributed by atoms with van der Waals surface area (Å²) in [6.45, 7) is 0. The van der Waals surface area contributed by atoms with E-state index in [9.17, 15) is 19.5 Å². The lowest BCUT2D eigenvalue weighted by atomic mass is 10.1. The minimum absolute atomic E-state index is 0.331. The fourth-order valence-corrected chi connectivity index (χ4v) is 2.32. The summed E-state index contributed by atoms with van der Waals surface area (Å²) in [5.74, 6) is -2.37. The van der Waals surface area contributed by atoms with Gasteiger partial charge in [-0.15, -0.1) is 0 Å². The second-order valence-electron chi connectivity index (χ2n) is 5.69. The molecule has 142 valence electrons. The Morgan fingerprint density at radius 2 is 1.07 bits per heavy atom. The summed E-state index contributed by atoms with van der Waals surface area (Å²) in [4.78, 5) is 33.4. The lowest BCUT2D eigenvalue weighted by Gasteiger charge is -2.14. The second-order valence-corrected chi connectivity index (χ2v) is 5.69. The van der Waals surface area contributed by atoms with E-state index in [1.807, 2.05) is 0 Å². The van der Waals surface area contributed by atoms with Gasteiger partial charge < -0.3 is 15.5 Å². The number of carboxylic acids is 2. The number of rotatable bonds is 5. The van der Waals surface area contributed by atoms with Gasteiger partial charge in [-0.2, -0.15) is 0 Å². The molecule has 0 aliphatic carbocycles. The number of hydrogen-bond acceptors (Lipinski definition) is 3. The van der Waals surface area contributed by atoms with E-state index in [2.05, 4.69) is 5.32 Å². The molecular formula is C22H19NO5. The lowest BCUT2D eigenvalue weighted by Crippen LogP contribution is -2.33. The van der Waals surface area contributed by atoms with Crippen LogP contribution in [0.4, 0.5) is 0 Å². The lowest BCUT2D eigenvalue weighted by molar-refractivity contribution is -0.139. The van der Waals surface area contributed by atoms with Crippen LogP contribution in [0.2, 0.25) is 0 Å². The number of nitrogens with one attached hydrogen (secondary N) is 1. The zero-order valence-corrected chi connectivity index (χ0v) is 14.9. The molecule has 0 saturated heterocycles. The van der Waals surface area contributed by atoms with Crippen LogP contribution < -0.4 is 5.32 Å². The average Bonchev–Trinajstić information content (AvgIpc) is 2.74. The minimum atomic E-state index is -1.09. The largest absolute Gasteiger partial charge is 0.479 e. The summed E-state index contributed by atoms with van der Waals surface area (Å²) in [6, 6.07) is 24.4. The van der Waals surface area contributed by atoms with Crippen molar-refractivity contribution in [3.05, 3.63) is 108 Å². The number of aliphatic carboxylic acids is 1. The highest BCUT2D eigenvalue weighted by Gasteiger charge is 2.22. The topological polar surface area (TPSA) is 104 Å². The highest BCUT2D eigenvalue weighted by molar-refractivity contribution is 5.96. The first-order valence-corrected chi connectivity index (χ1v) is 8.41. The van der Waals surface area contributed by atoms with Crippen LogP contribution in [-0.4, -0.2) is 28.1 Å². The molecule has 28 heavy (non-hydrogen) atoms. The molecule has 0 bridgehead atoms. The van der Waals surface area contributed by atoms with Crippen molar-refractivity contribution in [2.24, 2.45) is 0 Å². The summed E-state index contributed by atoms with van der Waals surface area (Å²) >= 11 is 0. The van der Waals surface area contributed by atoms with Crippen molar-refractivity contribution in [2.45, 2.75) is 6.04 Å². The van der Waals surface area contributed by atoms with E-state index < -0.39 is 23.9 Å². The molecule has 1 amide bonds. The summed E-state index contributed by atoms with van der Waals surface area (Å²) in [7, 11) is 0. The first-order chi connectivity index (χ1) is 13.5. The van der Waals surface area contributed by atoms with E-state index in [0.29, 0.717) is 16.7 Å². The van der Waals surface area contributed by atoms with Crippen molar-refractivity contribution in [3.63, 3.8) is 0 Å². The second kappa shape index (κ2) is 10.3. The van der Waals surface area contributed by atoms with Gasteiger partial charge in [0.05, 0.1) is 5.56 Å². The smallest absolute Gasteiger partial charge is 0.335 e. The van der Waals surface area contributed by atoms with Crippen LogP contribution in [0.3, 0.4) is 0 Å². The molecular weight excluding hydrogens is 358 g/mol. The summed E-state index contributed by atoms with van der Waals surface area (Å²) in [5.41, 5.74) is 1.31. The highest BCUT2D eigenvalue weighted by Crippen LogP contribution is 2.13. The quantitative estimate of drug-likeness (QED) is 0.630. The van der Waals surface area contributed by atoms with Crippen LogP contribution in [0.1, 0.15) is 32.3 Å². The van der Waals surface area contributed by atoms with Crippen LogP contribution in [-0.2, 0) is 4.79 Å². The standard InChI is InChI=1S/C15H13NO3.C7H6O2/c17-14(12-9-5-2-6-10-12)16-13(15(18)19)11-7-3-1-4-8-11;8-7(9)6-4-2-1-3-5-6/h1-10,13H,(H,16,17)(H,18,19);1-5H,(H,8,9). The molecule has 1 unspecified atom stereocenters. The summed E-state index contributed by atoms with van der Waals surface area (Å²) in [5, 5.41) is 20.1. The van der Waals surface area contributed by atoms with Crippen LogP contribution in [0, 0.1) is 0 Å². The van der Waals surface area contributed by atoms with Gasteiger partial charge in [-0.1, -0.05) is 66.7 Å². The molecule has 0 fully saturated rings. The Kier molecular flexibility index (Phi) is 7.48. The van der Waals surface area contributed by atoms with Gasteiger partial charge in [-0.25, -0.2) is 9.59 Å². The molecule has 0 heterocycles. The third-order valence-electron chi connectivity index (χ3n) is 3.71. The van der Waals surface area contributed by atoms with Crippen LogP contribution >= 0.6 is 0 Å². The predicted molar refractivity (Wildman–Crippen MR) is 104 cm³/mol. The molecule has 6 nitrogen and oxygen atoms in total. The average molecular weight is 377 g/mol. The number of carbonyl (C=O) groups is 3. The molecule has 0 spiro atoms. The van der Waals surface area contributed by atoms with Crippen molar-refractivity contribution >= 4 is 17.8 Å². The highest BCUT2D eigenvalue weighted by atomic mass is 16.4. The number of aromatic carboxylic acids is 1. The van der Waals surface area contributed by atoms with Crippen molar-refractivity contribution in [3.8, 4) is 0 Å². The van der Waals surface area contributed by atoms with Gasteiger partial charge >= 0.3 is 11.9 Å². The maximum atomic E-state index is 12.0. The monoisotopic (exact) mass is 377 g/mol. The van der Waals surface area contributed by atoms with E-state index in [1.165, 1.54) is 0 Å². The van der Waals surface area contributed by atoms with Gasteiger partial charge in [0.25, 0.3) is 5.91 Å². The fraction of sp³-hybridized carbons (Fsp3) is 0.0455.